The maximum Gasteiger partial charge on any atom is 0.145 e. The zero-order valence-electron chi connectivity index (χ0n) is 21.4. The van der Waals surface area contributed by atoms with Crippen molar-refractivity contribution >= 4 is 32.8 Å². The van der Waals surface area contributed by atoms with Gasteiger partial charge in [-0.3, -0.25) is 4.90 Å². The van der Waals surface area contributed by atoms with Crippen LogP contribution in [0.3, 0.4) is 0 Å². The van der Waals surface area contributed by atoms with E-state index in [1.165, 1.54) is 27.4 Å². The van der Waals surface area contributed by atoms with Crippen LogP contribution in [0.2, 0.25) is 0 Å². The van der Waals surface area contributed by atoms with Crippen LogP contribution in [0.15, 0.2) is 103 Å². The van der Waals surface area contributed by atoms with E-state index in [-0.39, 0.29) is 0 Å². The zero-order valence-corrected chi connectivity index (χ0v) is 21.4. The summed E-state index contributed by atoms with van der Waals surface area (Å²) in [5.74, 6) is 0. The number of aromatic nitrogens is 4. The molecule has 190 valence electrons. The van der Waals surface area contributed by atoms with E-state index in [1.807, 2.05) is 6.07 Å². The molecular weight excluding hydrogens is 470 g/mol. The summed E-state index contributed by atoms with van der Waals surface area (Å²) in [7, 11) is 0. The standard InChI is InChI=1S/C32H31N5O/c1-2-10-25(11-3-1)24-32(18-19-35-20-22-38-23-21-35,37-31-17-9-6-14-28(31)33-34-37)36-29-15-7-4-12-26(29)27-13-5-8-16-30(27)36/h1-17H,18-24H2. The lowest BCUT2D eigenvalue weighted by Crippen LogP contribution is -2.48. The maximum absolute atomic E-state index is 5.67. The van der Waals surface area contributed by atoms with Crippen LogP contribution in [0.25, 0.3) is 32.8 Å². The van der Waals surface area contributed by atoms with Crippen LogP contribution in [-0.2, 0) is 16.8 Å². The van der Waals surface area contributed by atoms with Gasteiger partial charge >= 0.3 is 0 Å². The molecule has 0 N–H and O–H groups in total. The summed E-state index contributed by atoms with van der Waals surface area (Å²) in [6.45, 7) is 4.41. The Labute approximate surface area is 222 Å². The number of hydrogen-bond acceptors (Lipinski definition) is 4. The van der Waals surface area contributed by atoms with Crippen molar-refractivity contribution in [1.82, 2.24) is 24.5 Å². The van der Waals surface area contributed by atoms with Crippen LogP contribution in [-0.4, -0.2) is 57.3 Å². The highest BCUT2D eigenvalue weighted by Gasteiger charge is 2.39. The van der Waals surface area contributed by atoms with E-state index >= 15 is 0 Å². The van der Waals surface area contributed by atoms with Gasteiger partial charge in [0.2, 0.25) is 0 Å². The second-order valence-corrected chi connectivity index (χ2v) is 10.2. The van der Waals surface area contributed by atoms with Gasteiger partial charge in [-0.2, -0.15) is 0 Å². The highest BCUT2D eigenvalue weighted by Crippen LogP contribution is 2.40. The molecule has 1 aliphatic rings. The van der Waals surface area contributed by atoms with Crippen molar-refractivity contribution in [2.75, 3.05) is 32.8 Å². The zero-order chi connectivity index (χ0) is 25.4. The molecule has 2 aromatic heterocycles. The lowest BCUT2D eigenvalue weighted by atomic mass is 9.94. The predicted octanol–water partition coefficient (Wildman–Crippen LogP) is 5.71. The maximum atomic E-state index is 5.67. The van der Waals surface area contributed by atoms with Gasteiger partial charge in [0.1, 0.15) is 11.2 Å². The van der Waals surface area contributed by atoms with Gasteiger partial charge in [-0.05, 0) is 29.8 Å². The molecule has 6 nitrogen and oxygen atoms in total. The first kappa shape index (κ1) is 23.1. The fraction of sp³-hybridized carbons (Fsp3) is 0.250. The molecule has 6 aromatic rings. The number of benzene rings is 4. The number of para-hydroxylation sites is 3. The molecule has 1 fully saturated rings. The van der Waals surface area contributed by atoms with Crippen molar-refractivity contribution in [2.45, 2.75) is 18.5 Å². The summed E-state index contributed by atoms with van der Waals surface area (Å²) < 4.78 is 10.4. The van der Waals surface area contributed by atoms with E-state index in [4.69, 9.17) is 9.95 Å². The molecule has 6 heteroatoms. The first-order chi connectivity index (χ1) is 18.8. The number of morpholine rings is 1. The molecule has 0 aliphatic carbocycles. The van der Waals surface area contributed by atoms with Crippen molar-refractivity contribution in [3.8, 4) is 0 Å². The molecule has 1 aliphatic heterocycles. The lowest BCUT2D eigenvalue weighted by molar-refractivity contribution is 0.0292. The Kier molecular flexibility index (Phi) is 5.91. The smallest absolute Gasteiger partial charge is 0.145 e. The van der Waals surface area contributed by atoms with Gasteiger partial charge in [0.25, 0.3) is 0 Å². The fourth-order valence-corrected chi connectivity index (χ4v) is 6.19. The summed E-state index contributed by atoms with van der Waals surface area (Å²) in [6.07, 6.45) is 1.66. The summed E-state index contributed by atoms with van der Waals surface area (Å²) in [4.78, 5) is 2.52. The summed E-state index contributed by atoms with van der Waals surface area (Å²) in [6, 6.07) is 36.7. The molecular formula is C32H31N5O. The van der Waals surface area contributed by atoms with Gasteiger partial charge in [0.05, 0.1) is 29.8 Å². The van der Waals surface area contributed by atoms with Crippen molar-refractivity contribution in [3.63, 3.8) is 0 Å². The molecule has 1 atom stereocenters. The minimum absolute atomic E-state index is 0.529. The largest absolute Gasteiger partial charge is 0.379 e. The molecule has 0 saturated carbocycles. The second kappa shape index (κ2) is 9.71. The molecule has 0 radical (unpaired) electrons. The third-order valence-electron chi connectivity index (χ3n) is 8.00. The topological polar surface area (TPSA) is 48.1 Å². The highest BCUT2D eigenvalue weighted by molar-refractivity contribution is 6.08. The minimum atomic E-state index is -0.529. The fourth-order valence-electron chi connectivity index (χ4n) is 6.19. The van der Waals surface area contributed by atoms with Crippen LogP contribution in [0.1, 0.15) is 12.0 Å². The Balaban J connectivity index is 1.54. The molecule has 0 bridgehead atoms. The van der Waals surface area contributed by atoms with E-state index in [1.54, 1.807) is 0 Å². The second-order valence-electron chi connectivity index (χ2n) is 10.2. The monoisotopic (exact) mass is 501 g/mol. The Morgan fingerprint density at radius 3 is 2.00 bits per heavy atom. The van der Waals surface area contributed by atoms with Gasteiger partial charge in [-0.25, -0.2) is 4.68 Å². The van der Waals surface area contributed by atoms with Gasteiger partial charge in [-0.15, -0.1) is 5.10 Å². The first-order valence-corrected chi connectivity index (χ1v) is 13.5. The van der Waals surface area contributed by atoms with E-state index < -0.39 is 5.66 Å². The van der Waals surface area contributed by atoms with E-state index in [9.17, 15) is 0 Å². The summed E-state index contributed by atoms with van der Waals surface area (Å²) >= 11 is 0. The normalized spacial score (nSPS) is 16.3. The number of ether oxygens (including phenoxy) is 1. The number of nitrogens with zero attached hydrogens (tertiary/aromatic N) is 5. The minimum Gasteiger partial charge on any atom is -0.379 e. The summed E-state index contributed by atoms with van der Waals surface area (Å²) in [5.41, 5.74) is 5.14. The van der Waals surface area contributed by atoms with Gasteiger partial charge in [0.15, 0.2) is 0 Å². The van der Waals surface area contributed by atoms with Gasteiger partial charge < -0.3 is 9.30 Å². The van der Waals surface area contributed by atoms with Crippen molar-refractivity contribution in [1.29, 1.82) is 0 Å². The lowest BCUT2D eigenvalue weighted by Gasteiger charge is -2.40. The van der Waals surface area contributed by atoms with Crippen molar-refractivity contribution < 1.29 is 4.74 Å². The van der Waals surface area contributed by atoms with Crippen LogP contribution < -0.4 is 0 Å². The summed E-state index contributed by atoms with van der Waals surface area (Å²) in [5, 5.41) is 12.1. The van der Waals surface area contributed by atoms with Crippen LogP contribution in [0.5, 0.6) is 0 Å². The van der Waals surface area contributed by atoms with Gasteiger partial charge in [0, 0.05) is 43.2 Å². The molecule has 1 unspecified atom stereocenters. The number of hydrogen-bond donors (Lipinski definition) is 0. The number of fused-ring (bicyclic) bond motifs is 4. The van der Waals surface area contributed by atoms with E-state index in [2.05, 4.69) is 116 Å². The highest BCUT2D eigenvalue weighted by atomic mass is 16.5. The number of rotatable bonds is 7. The van der Waals surface area contributed by atoms with Gasteiger partial charge in [-0.1, -0.05) is 84.1 Å². The molecule has 7 rings (SSSR count). The average molecular weight is 502 g/mol. The predicted molar refractivity (Wildman–Crippen MR) is 152 cm³/mol. The Hall–Kier alpha value is -4.00. The molecule has 3 heterocycles. The molecule has 38 heavy (non-hydrogen) atoms. The van der Waals surface area contributed by atoms with Crippen LogP contribution in [0, 0.1) is 0 Å². The van der Waals surface area contributed by atoms with E-state index in [0.29, 0.717) is 0 Å². The Bertz CT molecular complexity index is 1650. The Morgan fingerprint density at radius 2 is 1.29 bits per heavy atom. The van der Waals surface area contributed by atoms with E-state index in [0.717, 1.165) is 56.7 Å². The molecule has 0 amide bonds. The third kappa shape index (κ3) is 3.88. The average Bonchev–Trinajstić information content (AvgIpc) is 3.57. The Morgan fingerprint density at radius 1 is 0.684 bits per heavy atom. The first-order valence-electron chi connectivity index (χ1n) is 13.5. The van der Waals surface area contributed by atoms with Crippen LogP contribution in [0.4, 0.5) is 0 Å². The van der Waals surface area contributed by atoms with Crippen molar-refractivity contribution in [2.24, 2.45) is 0 Å². The SMILES string of the molecule is c1ccc(CC(CCN2CCOCC2)(n2nnc3ccccc32)n2c3ccccc3c3ccccc32)cc1. The quantitative estimate of drug-likeness (QED) is 0.281. The molecule has 1 saturated heterocycles. The van der Waals surface area contributed by atoms with Crippen LogP contribution >= 0.6 is 0 Å². The molecule has 0 spiro atoms. The third-order valence-corrected chi connectivity index (χ3v) is 8.00. The van der Waals surface area contributed by atoms with Crippen molar-refractivity contribution in [3.05, 3.63) is 109 Å². The molecule has 4 aromatic carbocycles.